The molecule has 0 spiro atoms. The number of hydrogen-bond donors (Lipinski definition) is 2. The van der Waals surface area contributed by atoms with Gasteiger partial charge in [0.1, 0.15) is 17.4 Å². The van der Waals surface area contributed by atoms with E-state index in [1.807, 2.05) is 0 Å². The molecular formula is C27H29ClF2N2O4S. The van der Waals surface area contributed by atoms with Crippen LogP contribution in [0, 0.1) is 23.5 Å². The Kier molecular flexibility index (Phi) is 9.23. The minimum absolute atomic E-state index is 0.0990. The first-order valence-electron chi connectivity index (χ1n) is 12.1. The number of aliphatic hydroxyl groups excluding tert-OH is 1. The summed E-state index contributed by atoms with van der Waals surface area (Å²) in [7, 11) is 1.56. The predicted molar refractivity (Wildman–Crippen MR) is 140 cm³/mol. The van der Waals surface area contributed by atoms with E-state index in [2.05, 4.69) is 9.88 Å². The molecule has 3 atom stereocenters. The zero-order valence-electron chi connectivity index (χ0n) is 20.4. The Bertz CT molecular complexity index is 1260. The zero-order valence-corrected chi connectivity index (χ0v) is 21.9. The number of methoxy groups -OCH3 is 1. The molecule has 1 aliphatic rings. The number of halogens is 3. The number of aliphatic carboxylic acids is 1. The van der Waals surface area contributed by atoms with Gasteiger partial charge in [0.2, 0.25) is 0 Å². The standard InChI is InChI=1S/C27H29ClF2N2O4S/c1-36-18-4-6-23-19(13-18)26(21(28)14-31-23)24(33)7-2-16-8-9-32(15-20(16)27(34)35)10-11-37-25-12-17(29)3-5-22(25)30/h3-6,12-14,16,20,24,33H,2,7-11,15H2,1H3,(H,34,35). The van der Waals surface area contributed by atoms with Crippen molar-refractivity contribution in [2.24, 2.45) is 11.8 Å². The minimum Gasteiger partial charge on any atom is -0.497 e. The summed E-state index contributed by atoms with van der Waals surface area (Å²) in [4.78, 5) is 18.7. The Morgan fingerprint density at radius 3 is 2.86 bits per heavy atom. The molecule has 1 aliphatic heterocycles. The molecule has 0 aliphatic carbocycles. The zero-order chi connectivity index (χ0) is 26.5. The van der Waals surface area contributed by atoms with Crippen molar-refractivity contribution in [1.29, 1.82) is 0 Å². The highest BCUT2D eigenvalue weighted by molar-refractivity contribution is 7.99. The van der Waals surface area contributed by atoms with Crippen molar-refractivity contribution in [3.8, 4) is 5.75 Å². The van der Waals surface area contributed by atoms with E-state index in [9.17, 15) is 23.8 Å². The maximum Gasteiger partial charge on any atom is 0.308 e. The van der Waals surface area contributed by atoms with Crippen LogP contribution in [0.15, 0.2) is 47.5 Å². The number of ether oxygens (including phenoxy) is 1. The Morgan fingerprint density at radius 1 is 1.30 bits per heavy atom. The summed E-state index contributed by atoms with van der Waals surface area (Å²) in [5.41, 5.74) is 1.25. The van der Waals surface area contributed by atoms with E-state index < -0.39 is 29.6 Å². The summed E-state index contributed by atoms with van der Waals surface area (Å²) in [5, 5.41) is 22.0. The smallest absolute Gasteiger partial charge is 0.308 e. The van der Waals surface area contributed by atoms with E-state index in [0.29, 0.717) is 71.9 Å². The SMILES string of the molecule is COc1ccc2ncc(Cl)c(C(O)CCC3CCN(CCSc4cc(F)ccc4F)CC3C(=O)O)c2c1. The number of piperidine rings is 1. The summed E-state index contributed by atoms with van der Waals surface area (Å²) >= 11 is 7.63. The van der Waals surface area contributed by atoms with Gasteiger partial charge in [0, 0.05) is 40.9 Å². The molecule has 1 saturated heterocycles. The Morgan fingerprint density at radius 2 is 2.11 bits per heavy atom. The Hall–Kier alpha value is -2.46. The second-order valence-electron chi connectivity index (χ2n) is 9.21. The first-order valence-corrected chi connectivity index (χ1v) is 13.5. The van der Waals surface area contributed by atoms with Crippen LogP contribution in [0.4, 0.5) is 8.78 Å². The van der Waals surface area contributed by atoms with E-state index >= 15 is 0 Å². The number of thioether (sulfide) groups is 1. The average molecular weight is 551 g/mol. The lowest BCUT2D eigenvalue weighted by molar-refractivity contribution is -0.146. The highest BCUT2D eigenvalue weighted by Crippen LogP contribution is 2.37. The molecule has 0 bridgehead atoms. The summed E-state index contributed by atoms with van der Waals surface area (Å²) in [6.07, 6.45) is 2.19. The third-order valence-electron chi connectivity index (χ3n) is 6.93. The minimum atomic E-state index is -0.879. The predicted octanol–water partition coefficient (Wildman–Crippen LogP) is 5.80. The lowest BCUT2D eigenvalue weighted by atomic mass is 9.81. The summed E-state index contributed by atoms with van der Waals surface area (Å²) in [6.45, 7) is 1.64. The third kappa shape index (κ3) is 6.71. The lowest BCUT2D eigenvalue weighted by Crippen LogP contribution is -2.44. The molecule has 1 fully saturated rings. The molecule has 198 valence electrons. The summed E-state index contributed by atoms with van der Waals surface area (Å²) < 4.78 is 32.6. The van der Waals surface area contributed by atoms with Crippen molar-refractivity contribution >= 4 is 40.2 Å². The van der Waals surface area contributed by atoms with Crippen molar-refractivity contribution in [2.75, 3.05) is 32.5 Å². The van der Waals surface area contributed by atoms with Gasteiger partial charge in [-0.25, -0.2) is 8.78 Å². The number of nitrogens with zero attached hydrogens (tertiary/aromatic N) is 2. The fourth-order valence-corrected chi connectivity index (χ4v) is 6.17. The normalized spacial score (nSPS) is 19.2. The topological polar surface area (TPSA) is 82.9 Å². The van der Waals surface area contributed by atoms with Crippen molar-refractivity contribution in [3.05, 3.63) is 64.8 Å². The van der Waals surface area contributed by atoms with Crippen LogP contribution in [0.5, 0.6) is 5.75 Å². The van der Waals surface area contributed by atoms with Crippen LogP contribution in [0.3, 0.4) is 0 Å². The van der Waals surface area contributed by atoms with Gasteiger partial charge in [-0.3, -0.25) is 9.78 Å². The fourth-order valence-electron chi connectivity index (χ4n) is 4.92. The molecule has 0 amide bonds. The number of pyridine rings is 1. The monoisotopic (exact) mass is 550 g/mol. The first-order chi connectivity index (χ1) is 17.8. The molecule has 2 N–H and O–H groups in total. The van der Waals surface area contributed by atoms with Crippen molar-refractivity contribution in [3.63, 3.8) is 0 Å². The second-order valence-corrected chi connectivity index (χ2v) is 10.8. The van der Waals surface area contributed by atoms with Gasteiger partial charge in [-0.15, -0.1) is 11.8 Å². The highest BCUT2D eigenvalue weighted by Gasteiger charge is 2.34. The van der Waals surface area contributed by atoms with Crippen LogP contribution >= 0.6 is 23.4 Å². The molecule has 6 nitrogen and oxygen atoms in total. The Labute approximate surface area is 223 Å². The van der Waals surface area contributed by atoms with Gasteiger partial charge in [-0.1, -0.05) is 11.6 Å². The van der Waals surface area contributed by atoms with E-state index in [0.717, 1.165) is 12.1 Å². The van der Waals surface area contributed by atoms with Gasteiger partial charge in [-0.05, 0) is 68.1 Å². The number of fused-ring (bicyclic) bond motifs is 1. The van der Waals surface area contributed by atoms with E-state index in [1.165, 1.54) is 24.0 Å². The van der Waals surface area contributed by atoms with Crippen molar-refractivity contribution < 1.29 is 28.5 Å². The van der Waals surface area contributed by atoms with E-state index in [1.54, 1.807) is 25.3 Å². The van der Waals surface area contributed by atoms with Gasteiger partial charge in [0.25, 0.3) is 0 Å². The number of likely N-dealkylation sites (tertiary alicyclic amines) is 1. The largest absolute Gasteiger partial charge is 0.497 e. The molecule has 2 aromatic carbocycles. The van der Waals surface area contributed by atoms with Crippen molar-refractivity contribution in [2.45, 2.75) is 30.3 Å². The van der Waals surface area contributed by atoms with Gasteiger partial charge in [-0.2, -0.15) is 0 Å². The molecular weight excluding hydrogens is 522 g/mol. The van der Waals surface area contributed by atoms with E-state index in [4.69, 9.17) is 16.3 Å². The van der Waals surface area contributed by atoms with Gasteiger partial charge in [0.15, 0.2) is 0 Å². The van der Waals surface area contributed by atoms with Crippen LogP contribution < -0.4 is 4.74 Å². The van der Waals surface area contributed by atoms with Crippen LogP contribution in [0.2, 0.25) is 5.02 Å². The number of carbonyl (C=O) groups is 1. The van der Waals surface area contributed by atoms with Crippen molar-refractivity contribution in [1.82, 2.24) is 9.88 Å². The lowest BCUT2D eigenvalue weighted by Gasteiger charge is -2.37. The number of hydrogen-bond acceptors (Lipinski definition) is 6. The molecule has 4 rings (SSSR count). The average Bonchev–Trinajstić information content (AvgIpc) is 2.89. The number of carboxylic acid groups (broad SMARTS) is 1. The van der Waals surface area contributed by atoms with Gasteiger partial charge < -0.3 is 19.8 Å². The van der Waals surface area contributed by atoms with Crippen LogP contribution in [-0.4, -0.2) is 58.6 Å². The number of aromatic nitrogens is 1. The molecule has 3 aromatic rings. The van der Waals surface area contributed by atoms with Crippen LogP contribution in [0.25, 0.3) is 10.9 Å². The summed E-state index contributed by atoms with van der Waals surface area (Å²) in [5.74, 6) is -1.36. The molecule has 10 heteroatoms. The Balaban J connectivity index is 1.36. The molecule has 2 heterocycles. The third-order valence-corrected chi connectivity index (χ3v) is 8.24. The maximum atomic E-state index is 13.9. The number of rotatable bonds is 10. The van der Waals surface area contributed by atoms with Gasteiger partial charge in [0.05, 0.1) is 29.7 Å². The fraction of sp³-hybridized carbons (Fsp3) is 0.407. The maximum absolute atomic E-state index is 13.9. The summed E-state index contributed by atoms with van der Waals surface area (Å²) in [6, 6.07) is 8.75. The van der Waals surface area contributed by atoms with Crippen LogP contribution in [-0.2, 0) is 4.79 Å². The molecule has 37 heavy (non-hydrogen) atoms. The number of benzene rings is 2. The quantitative estimate of drug-likeness (QED) is 0.308. The molecule has 0 saturated carbocycles. The molecule has 1 aromatic heterocycles. The molecule has 3 unspecified atom stereocenters. The highest BCUT2D eigenvalue weighted by atomic mass is 35.5. The van der Waals surface area contributed by atoms with Gasteiger partial charge >= 0.3 is 5.97 Å². The number of carboxylic acids is 1. The van der Waals surface area contributed by atoms with E-state index in [-0.39, 0.29) is 10.8 Å². The second kappa shape index (κ2) is 12.4. The van der Waals surface area contributed by atoms with Crippen LogP contribution in [0.1, 0.15) is 30.9 Å². The number of aliphatic hydroxyl groups is 1. The molecule has 0 radical (unpaired) electrons. The first kappa shape index (κ1) is 27.6.